The van der Waals surface area contributed by atoms with Gasteiger partial charge in [-0.1, -0.05) is 43.7 Å². The first kappa shape index (κ1) is 18.5. The maximum absolute atomic E-state index is 10.7. The van der Waals surface area contributed by atoms with E-state index in [1.54, 1.807) is 18.3 Å². The molecule has 0 saturated carbocycles. The van der Waals surface area contributed by atoms with Crippen LogP contribution in [0.4, 0.5) is 0 Å². The molecule has 0 aromatic carbocycles. The van der Waals surface area contributed by atoms with Crippen molar-refractivity contribution in [1.82, 2.24) is 0 Å². The Balaban J connectivity index is 2.22. The van der Waals surface area contributed by atoms with Gasteiger partial charge in [0.15, 0.2) is 0 Å². The van der Waals surface area contributed by atoms with Gasteiger partial charge < -0.3 is 5.11 Å². The molecule has 1 aliphatic carbocycles. The van der Waals surface area contributed by atoms with Crippen molar-refractivity contribution < 1.29 is 9.90 Å². The van der Waals surface area contributed by atoms with Gasteiger partial charge in [0.2, 0.25) is 0 Å². The molecule has 0 amide bonds. The molecular formula is C21H26O2S. The lowest BCUT2D eigenvalue weighted by atomic mass is 9.72. The second-order valence-corrected chi connectivity index (χ2v) is 7.85. The standard InChI is InChI=1S/C21H26O2S/c1-15(12-20(22)23)7-8-17-13-24-14-18(17)9-10-19-16(2)6-5-11-21(19,3)4/h7-10,12-14H,5-6,11H2,1-4H3,(H,22,23)/b8-7+,10-9+,15-12+. The summed E-state index contributed by atoms with van der Waals surface area (Å²) in [4.78, 5) is 10.7. The van der Waals surface area contributed by atoms with E-state index in [0.29, 0.717) is 0 Å². The first-order valence-electron chi connectivity index (χ1n) is 8.33. The summed E-state index contributed by atoms with van der Waals surface area (Å²) in [6.45, 7) is 8.69. The SMILES string of the molecule is CC1=C(/C=C/c2cscc2/C=C/C(C)=C/C(=O)O)C(C)(C)CCC1. The molecule has 128 valence electrons. The molecular weight excluding hydrogens is 316 g/mol. The van der Waals surface area contributed by atoms with Crippen LogP contribution in [0.25, 0.3) is 12.2 Å². The molecule has 1 aromatic heterocycles. The summed E-state index contributed by atoms with van der Waals surface area (Å²) in [6.07, 6.45) is 13.2. The van der Waals surface area contributed by atoms with Crippen molar-refractivity contribution in [2.24, 2.45) is 5.41 Å². The molecule has 1 aromatic rings. The Morgan fingerprint density at radius 1 is 1.21 bits per heavy atom. The van der Waals surface area contributed by atoms with E-state index in [4.69, 9.17) is 5.11 Å². The van der Waals surface area contributed by atoms with Gasteiger partial charge in [0, 0.05) is 6.08 Å². The third-order valence-corrected chi connectivity index (χ3v) is 5.35. The molecule has 1 aliphatic rings. The van der Waals surface area contributed by atoms with Gasteiger partial charge in [-0.15, -0.1) is 0 Å². The first-order chi connectivity index (χ1) is 11.3. The molecule has 0 bridgehead atoms. The van der Waals surface area contributed by atoms with Crippen LogP contribution in [0.2, 0.25) is 0 Å². The van der Waals surface area contributed by atoms with E-state index in [2.05, 4.69) is 43.7 Å². The zero-order valence-corrected chi connectivity index (χ0v) is 15.7. The number of thiophene rings is 1. The van der Waals surface area contributed by atoms with Gasteiger partial charge in [-0.3, -0.25) is 0 Å². The Bertz CT molecular complexity index is 727. The lowest BCUT2D eigenvalue weighted by Gasteiger charge is -2.32. The molecule has 0 saturated heterocycles. The third-order valence-electron chi connectivity index (χ3n) is 4.57. The fourth-order valence-corrected chi connectivity index (χ4v) is 4.03. The van der Waals surface area contributed by atoms with Crippen molar-refractivity contribution in [3.8, 4) is 0 Å². The molecule has 0 atom stereocenters. The van der Waals surface area contributed by atoms with Crippen LogP contribution in [-0.4, -0.2) is 11.1 Å². The molecule has 1 heterocycles. The number of carboxylic acids is 1. The molecule has 24 heavy (non-hydrogen) atoms. The zero-order chi connectivity index (χ0) is 17.7. The van der Waals surface area contributed by atoms with Crippen molar-refractivity contribution >= 4 is 29.5 Å². The highest BCUT2D eigenvalue weighted by Crippen LogP contribution is 2.41. The number of rotatable bonds is 5. The smallest absolute Gasteiger partial charge is 0.328 e. The Kier molecular flexibility index (Phi) is 6.00. The highest BCUT2D eigenvalue weighted by atomic mass is 32.1. The first-order valence-corrected chi connectivity index (χ1v) is 9.28. The third kappa shape index (κ3) is 4.81. The van der Waals surface area contributed by atoms with Crippen LogP contribution in [0.3, 0.4) is 0 Å². The van der Waals surface area contributed by atoms with Gasteiger partial charge in [-0.25, -0.2) is 4.79 Å². The summed E-state index contributed by atoms with van der Waals surface area (Å²) in [5, 5.41) is 13.0. The van der Waals surface area contributed by atoms with Crippen molar-refractivity contribution in [3.63, 3.8) is 0 Å². The monoisotopic (exact) mass is 342 g/mol. The fourth-order valence-electron chi connectivity index (χ4n) is 3.24. The van der Waals surface area contributed by atoms with Gasteiger partial charge in [0.25, 0.3) is 0 Å². The van der Waals surface area contributed by atoms with E-state index in [1.165, 1.54) is 42.0 Å². The number of aliphatic carboxylic acids is 1. The minimum atomic E-state index is -0.912. The van der Waals surface area contributed by atoms with E-state index in [1.807, 2.05) is 12.2 Å². The Morgan fingerprint density at radius 3 is 2.50 bits per heavy atom. The van der Waals surface area contributed by atoms with E-state index in [0.717, 1.165) is 11.1 Å². The quantitative estimate of drug-likeness (QED) is 0.501. The number of allylic oxidation sites excluding steroid dienone is 5. The molecule has 2 rings (SSSR count). The molecule has 1 N–H and O–H groups in total. The lowest BCUT2D eigenvalue weighted by Crippen LogP contribution is -2.18. The predicted molar refractivity (Wildman–Crippen MR) is 104 cm³/mol. The van der Waals surface area contributed by atoms with Gasteiger partial charge in [-0.05, 0) is 71.6 Å². The Labute approximate surface area is 148 Å². The van der Waals surface area contributed by atoms with Gasteiger partial charge >= 0.3 is 5.97 Å². The lowest BCUT2D eigenvalue weighted by molar-refractivity contribution is -0.131. The van der Waals surface area contributed by atoms with Gasteiger partial charge in [0.05, 0.1) is 0 Å². The number of hydrogen-bond donors (Lipinski definition) is 1. The maximum Gasteiger partial charge on any atom is 0.328 e. The van der Waals surface area contributed by atoms with Crippen LogP contribution in [0.5, 0.6) is 0 Å². The minimum absolute atomic E-state index is 0.242. The predicted octanol–water partition coefficient (Wildman–Crippen LogP) is 6.33. The molecule has 3 heteroatoms. The molecule has 0 radical (unpaired) electrons. The summed E-state index contributed by atoms with van der Waals surface area (Å²) in [7, 11) is 0. The average Bonchev–Trinajstić information content (AvgIpc) is 2.90. The number of carbonyl (C=O) groups is 1. The second-order valence-electron chi connectivity index (χ2n) is 7.11. The molecule has 0 spiro atoms. The largest absolute Gasteiger partial charge is 0.478 e. The summed E-state index contributed by atoms with van der Waals surface area (Å²) >= 11 is 1.66. The highest BCUT2D eigenvalue weighted by Gasteiger charge is 2.26. The van der Waals surface area contributed by atoms with Crippen LogP contribution in [0.15, 0.2) is 45.7 Å². The molecule has 0 fully saturated rings. The summed E-state index contributed by atoms with van der Waals surface area (Å²) < 4.78 is 0. The van der Waals surface area contributed by atoms with Crippen molar-refractivity contribution in [2.75, 3.05) is 0 Å². The van der Waals surface area contributed by atoms with Crippen LogP contribution in [0.1, 0.15) is 58.1 Å². The summed E-state index contributed by atoms with van der Waals surface area (Å²) in [6, 6.07) is 0. The van der Waals surface area contributed by atoms with Crippen LogP contribution in [0, 0.1) is 5.41 Å². The van der Waals surface area contributed by atoms with E-state index >= 15 is 0 Å². The van der Waals surface area contributed by atoms with Gasteiger partial charge in [0.1, 0.15) is 0 Å². The Morgan fingerprint density at radius 2 is 1.88 bits per heavy atom. The Hall–Kier alpha value is -1.87. The normalized spacial score (nSPS) is 18.8. The van der Waals surface area contributed by atoms with E-state index < -0.39 is 5.97 Å². The number of carboxylic acid groups (broad SMARTS) is 1. The van der Waals surface area contributed by atoms with E-state index in [9.17, 15) is 4.79 Å². The number of hydrogen-bond acceptors (Lipinski definition) is 2. The van der Waals surface area contributed by atoms with Crippen molar-refractivity contribution in [1.29, 1.82) is 0 Å². The molecule has 0 unspecified atom stereocenters. The van der Waals surface area contributed by atoms with Gasteiger partial charge in [-0.2, -0.15) is 11.3 Å². The highest BCUT2D eigenvalue weighted by molar-refractivity contribution is 7.08. The second kappa shape index (κ2) is 7.80. The summed E-state index contributed by atoms with van der Waals surface area (Å²) in [5.74, 6) is -0.912. The average molecular weight is 343 g/mol. The van der Waals surface area contributed by atoms with Crippen LogP contribution < -0.4 is 0 Å². The summed E-state index contributed by atoms with van der Waals surface area (Å²) in [5.41, 5.74) is 6.23. The molecule has 0 aliphatic heterocycles. The maximum atomic E-state index is 10.7. The van der Waals surface area contributed by atoms with Crippen LogP contribution >= 0.6 is 11.3 Å². The fraction of sp³-hybridized carbons (Fsp3) is 0.381. The van der Waals surface area contributed by atoms with Crippen molar-refractivity contribution in [2.45, 2.75) is 47.0 Å². The topological polar surface area (TPSA) is 37.3 Å². The van der Waals surface area contributed by atoms with Crippen molar-refractivity contribution in [3.05, 3.63) is 56.8 Å². The molecule has 2 nitrogen and oxygen atoms in total. The zero-order valence-electron chi connectivity index (χ0n) is 14.9. The minimum Gasteiger partial charge on any atom is -0.478 e. The van der Waals surface area contributed by atoms with E-state index in [-0.39, 0.29) is 5.41 Å². The van der Waals surface area contributed by atoms with Crippen LogP contribution in [-0.2, 0) is 4.79 Å².